The first-order chi connectivity index (χ1) is 4.88. The van der Waals surface area contributed by atoms with E-state index in [1.807, 2.05) is 0 Å². The molecule has 0 spiro atoms. The molecule has 1 aliphatic heterocycles. The minimum Gasteiger partial charge on any atom is -0.388 e. The number of hydrogen-bond acceptors (Lipinski definition) is 3. The lowest BCUT2D eigenvalue weighted by Crippen LogP contribution is -2.40. The van der Waals surface area contributed by atoms with E-state index in [1.54, 1.807) is 14.2 Å². The molecule has 0 saturated carbocycles. The van der Waals surface area contributed by atoms with Gasteiger partial charge in [0.2, 0.25) is 0 Å². The quantitative estimate of drug-likeness (QED) is 0.548. The van der Waals surface area contributed by atoms with Crippen molar-refractivity contribution in [2.75, 3.05) is 27.3 Å². The van der Waals surface area contributed by atoms with Crippen molar-refractivity contribution in [2.45, 2.75) is 12.8 Å². The molecular weight excluding hydrogens is 146 g/mol. The monoisotopic (exact) mass is 161 g/mol. The van der Waals surface area contributed by atoms with Gasteiger partial charge in [0.15, 0.2) is 0 Å². The van der Waals surface area contributed by atoms with Gasteiger partial charge in [0, 0.05) is 14.2 Å². The summed E-state index contributed by atoms with van der Waals surface area (Å²) in [5.41, 5.74) is 0. The molecule has 1 aliphatic rings. The van der Waals surface area contributed by atoms with E-state index in [0.29, 0.717) is 0 Å². The molecule has 0 aromatic heterocycles. The van der Waals surface area contributed by atoms with E-state index in [0.717, 1.165) is 0 Å². The summed E-state index contributed by atoms with van der Waals surface area (Å²) >= 11 is 0. The van der Waals surface area contributed by atoms with Gasteiger partial charge in [-0.15, -0.1) is 0 Å². The van der Waals surface area contributed by atoms with Gasteiger partial charge in [-0.25, -0.2) is 0 Å². The van der Waals surface area contributed by atoms with Gasteiger partial charge in [0.25, 0.3) is 0 Å². The van der Waals surface area contributed by atoms with Gasteiger partial charge in [-0.2, -0.15) is 0 Å². The Morgan fingerprint density at radius 2 is 1.60 bits per heavy atom. The normalized spacial score (nSPS) is 20.7. The maximum Gasteiger partial charge on any atom is 0.410 e. The van der Waals surface area contributed by atoms with E-state index in [1.165, 1.54) is 25.9 Å². The third-order valence-corrected chi connectivity index (χ3v) is 3.76. The van der Waals surface area contributed by atoms with Crippen LogP contribution >= 0.6 is 0 Å². The van der Waals surface area contributed by atoms with Crippen LogP contribution < -0.4 is 0 Å². The molecule has 1 rings (SSSR count). The minimum atomic E-state index is -1.41. The minimum absolute atomic E-state index is 1.17. The topological polar surface area (TPSA) is 21.7 Å². The van der Waals surface area contributed by atoms with Crippen LogP contribution in [0.4, 0.5) is 0 Å². The second kappa shape index (κ2) is 4.08. The molecule has 60 valence electrons. The van der Waals surface area contributed by atoms with E-state index in [9.17, 15) is 0 Å². The van der Waals surface area contributed by atoms with Gasteiger partial charge in [-0.1, -0.05) is 0 Å². The molecule has 3 nitrogen and oxygen atoms in total. The van der Waals surface area contributed by atoms with Crippen LogP contribution in [0.25, 0.3) is 0 Å². The molecule has 0 radical (unpaired) electrons. The highest BCUT2D eigenvalue weighted by Crippen LogP contribution is 2.09. The highest BCUT2D eigenvalue weighted by Gasteiger charge is 2.23. The lowest BCUT2D eigenvalue weighted by atomic mass is 10.4. The Hall–Kier alpha value is 0.0969. The van der Waals surface area contributed by atoms with Crippen molar-refractivity contribution in [3.63, 3.8) is 0 Å². The number of rotatable bonds is 3. The zero-order valence-electron chi connectivity index (χ0n) is 6.67. The second-order valence-corrected chi connectivity index (χ2v) is 4.81. The summed E-state index contributed by atoms with van der Waals surface area (Å²) < 4.78 is 12.8. The molecule has 0 amide bonds. The Morgan fingerprint density at radius 3 is 2.00 bits per heavy atom. The van der Waals surface area contributed by atoms with Gasteiger partial charge in [-0.05, 0) is 25.9 Å². The third-order valence-electron chi connectivity index (χ3n) is 1.84. The molecule has 0 unspecified atom stereocenters. The molecule has 0 aromatic rings. The van der Waals surface area contributed by atoms with Gasteiger partial charge in [-0.3, -0.25) is 4.57 Å². The molecule has 0 atom stereocenters. The fourth-order valence-electron chi connectivity index (χ4n) is 1.35. The number of hydrogen-bond donors (Lipinski definition) is 0. The molecule has 4 heteroatoms. The van der Waals surface area contributed by atoms with Crippen molar-refractivity contribution in [2.24, 2.45) is 0 Å². The summed E-state index contributed by atoms with van der Waals surface area (Å²) in [5.74, 6) is 0. The average molecular weight is 161 g/mol. The van der Waals surface area contributed by atoms with Crippen molar-refractivity contribution in [1.29, 1.82) is 0 Å². The van der Waals surface area contributed by atoms with E-state index < -0.39 is 9.45 Å². The summed E-state index contributed by atoms with van der Waals surface area (Å²) in [4.78, 5) is 0. The molecule has 1 saturated heterocycles. The zero-order valence-corrected chi connectivity index (χ0v) is 7.82. The Balaban J connectivity index is 2.29. The summed E-state index contributed by atoms with van der Waals surface area (Å²) in [5, 5.41) is 0. The third kappa shape index (κ3) is 1.79. The molecule has 0 aromatic carbocycles. The molecule has 0 bridgehead atoms. The maximum absolute atomic E-state index is 5.23. The Kier molecular flexibility index (Phi) is 3.34. The SMILES string of the molecule is CO[SiH](OC)N1CCCC1. The fourth-order valence-corrected chi connectivity index (χ4v) is 2.92. The first kappa shape index (κ1) is 8.20. The smallest absolute Gasteiger partial charge is 0.388 e. The van der Waals surface area contributed by atoms with Crippen LogP contribution in [0.15, 0.2) is 0 Å². The van der Waals surface area contributed by atoms with Gasteiger partial charge >= 0.3 is 9.45 Å². The second-order valence-electron chi connectivity index (χ2n) is 2.52. The van der Waals surface area contributed by atoms with Crippen LogP contribution in [0.5, 0.6) is 0 Å². The standard InChI is InChI=1S/C6H15NO2Si/c1-8-10(9-2)7-5-3-4-6-7/h10H,3-6H2,1-2H3. The van der Waals surface area contributed by atoms with Crippen LogP contribution in [-0.2, 0) is 8.85 Å². The predicted molar refractivity (Wildman–Crippen MR) is 42.0 cm³/mol. The van der Waals surface area contributed by atoms with Crippen molar-refractivity contribution < 1.29 is 8.85 Å². The van der Waals surface area contributed by atoms with Crippen LogP contribution in [0.3, 0.4) is 0 Å². The van der Waals surface area contributed by atoms with Crippen molar-refractivity contribution in [3.05, 3.63) is 0 Å². The predicted octanol–water partition coefficient (Wildman–Crippen LogP) is 0.0922. The zero-order chi connectivity index (χ0) is 7.40. The molecule has 0 N–H and O–H groups in total. The lowest BCUT2D eigenvalue weighted by Gasteiger charge is -2.21. The molecule has 0 aliphatic carbocycles. The fraction of sp³-hybridized carbons (Fsp3) is 1.00. The molecular formula is C6H15NO2Si. The van der Waals surface area contributed by atoms with E-state index >= 15 is 0 Å². The van der Waals surface area contributed by atoms with E-state index in [2.05, 4.69) is 4.57 Å². The molecule has 1 heterocycles. The van der Waals surface area contributed by atoms with Crippen molar-refractivity contribution >= 4 is 9.45 Å². The molecule has 10 heavy (non-hydrogen) atoms. The van der Waals surface area contributed by atoms with Crippen LogP contribution in [0, 0.1) is 0 Å². The summed E-state index contributed by atoms with van der Waals surface area (Å²) in [6.45, 7) is 2.33. The van der Waals surface area contributed by atoms with Gasteiger partial charge < -0.3 is 8.85 Å². The lowest BCUT2D eigenvalue weighted by molar-refractivity contribution is 0.213. The Bertz CT molecular complexity index is 91.7. The van der Waals surface area contributed by atoms with Gasteiger partial charge in [0.1, 0.15) is 0 Å². The molecule has 1 fully saturated rings. The highest BCUT2D eigenvalue weighted by atomic mass is 28.3. The van der Waals surface area contributed by atoms with Crippen molar-refractivity contribution in [1.82, 2.24) is 4.57 Å². The van der Waals surface area contributed by atoms with Gasteiger partial charge in [0.05, 0.1) is 0 Å². The van der Waals surface area contributed by atoms with Crippen LogP contribution in [0.1, 0.15) is 12.8 Å². The Morgan fingerprint density at radius 1 is 1.10 bits per heavy atom. The van der Waals surface area contributed by atoms with Crippen LogP contribution in [0.2, 0.25) is 0 Å². The Labute approximate surface area is 63.8 Å². The maximum atomic E-state index is 5.23. The van der Waals surface area contributed by atoms with E-state index in [-0.39, 0.29) is 0 Å². The highest BCUT2D eigenvalue weighted by molar-refractivity contribution is 6.40. The number of nitrogens with zero attached hydrogens (tertiary/aromatic N) is 1. The van der Waals surface area contributed by atoms with E-state index in [4.69, 9.17) is 8.85 Å². The summed E-state index contributed by atoms with van der Waals surface area (Å²) in [6.07, 6.45) is 2.60. The summed E-state index contributed by atoms with van der Waals surface area (Å²) in [6, 6.07) is 0. The summed E-state index contributed by atoms with van der Waals surface area (Å²) in [7, 11) is 2.06. The largest absolute Gasteiger partial charge is 0.410 e. The average Bonchev–Trinajstić information content (AvgIpc) is 2.43. The van der Waals surface area contributed by atoms with Crippen molar-refractivity contribution in [3.8, 4) is 0 Å². The van der Waals surface area contributed by atoms with Crippen LogP contribution in [-0.4, -0.2) is 41.3 Å². The first-order valence-corrected chi connectivity index (χ1v) is 5.14. The first-order valence-electron chi connectivity index (χ1n) is 3.68.